The van der Waals surface area contributed by atoms with Crippen LogP contribution in [-0.4, -0.2) is 28.3 Å². The Kier molecular flexibility index (Phi) is 5.23. The second kappa shape index (κ2) is 7.40. The molecule has 1 aromatic carbocycles. The van der Waals surface area contributed by atoms with Crippen LogP contribution in [0, 0.1) is 12.8 Å². The van der Waals surface area contributed by atoms with Gasteiger partial charge in [0.05, 0.1) is 11.4 Å². The molecular weight excluding hydrogens is 312 g/mol. The van der Waals surface area contributed by atoms with Crippen molar-refractivity contribution in [1.82, 2.24) is 15.1 Å². The molecule has 0 unspecified atom stereocenters. The average Bonchev–Trinajstić information content (AvgIpc) is 2.99. The van der Waals surface area contributed by atoms with Gasteiger partial charge in [0.2, 0.25) is 5.91 Å². The van der Waals surface area contributed by atoms with Gasteiger partial charge in [-0.1, -0.05) is 31.5 Å². The number of piperidine rings is 1. The molecule has 1 amide bonds. The summed E-state index contributed by atoms with van der Waals surface area (Å²) in [6.07, 6.45) is 1.76. The van der Waals surface area contributed by atoms with E-state index in [-0.39, 0.29) is 11.8 Å². The number of carbonyl (C=O) groups excluding carboxylic acids is 1. The Bertz CT molecular complexity index is 733. The lowest BCUT2D eigenvalue weighted by Crippen LogP contribution is -2.40. The van der Waals surface area contributed by atoms with Crippen LogP contribution in [0.5, 0.6) is 0 Å². The maximum Gasteiger partial charge on any atom is 0.228 e. The van der Waals surface area contributed by atoms with Gasteiger partial charge in [0.15, 0.2) is 0 Å². The van der Waals surface area contributed by atoms with E-state index < -0.39 is 0 Å². The monoisotopic (exact) mass is 340 g/mol. The molecule has 0 saturated carbocycles. The van der Waals surface area contributed by atoms with Crippen molar-refractivity contribution in [2.75, 3.05) is 11.9 Å². The summed E-state index contributed by atoms with van der Waals surface area (Å²) in [7, 11) is 0. The van der Waals surface area contributed by atoms with Crippen LogP contribution >= 0.6 is 0 Å². The van der Waals surface area contributed by atoms with Crippen LogP contribution in [0.25, 0.3) is 5.69 Å². The normalized spacial score (nSPS) is 20.7. The van der Waals surface area contributed by atoms with Gasteiger partial charge in [-0.2, -0.15) is 5.10 Å². The van der Waals surface area contributed by atoms with Gasteiger partial charge in [0.25, 0.3) is 0 Å². The van der Waals surface area contributed by atoms with E-state index in [2.05, 4.69) is 50.5 Å². The minimum absolute atomic E-state index is 0.0557. The van der Waals surface area contributed by atoms with Crippen molar-refractivity contribution in [3.05, 3.63) is 41.6 Å². The topological polar surface area (TPSA) is 59.0 Å². The number of aromatic nitrogens is 2. The molecule has 1 aliphatic heterocycles. The number of hydrogen-bond donors (Lipinski definition) is 2. The van der Waals surface area contributed by atoms with E-state index >= 15 is 0 Å². The SMILES string of the molecule is Cc1ccc(-n2nc(C(C)C)cc2NC(=O)[C@H]2CCN[C@@H](C)C2)cc1. The zero-order valence-electron chi connectivity index (χ0n) is 15.5. The Morgan fingerprint density at radius 1 is 1.32 bits per heavy atom. The number of rotatable bonds is 4. The number of benzene rings is 1. The van der Waals surface area contributed by atoms with Crippen LogP contribution in [0.1, 0.15) is 50.8 Å². The van der Waals surface area contributed by atoms with Crippen LogP contribution in [0.4, 0.5) is 5.82 Å². The minimum Gasteiger partial charge on any atom is -0.314 e. The number of anilines is 1. The van der Waals surface area contributed by atoms with Gasteiger partial charge < -0.3 is 10.6 Å². The van der Waals surface area contributed by atoms with Gasteiger partial charge in [-0.25, -0.2) is 4.68 Å². The molecule has 3 rings (SSSR count). The molecular formula is C20H28N4O. The molecule has 0 radical (unpaired) electrons. The molecule has 25 heavy (non-hydrogen) atoms. The zero-order valence-corrected chi connectivity index (χ0v) is 15.5. The summed E-state index contributed by atoms with van der Waals surface area (Å²) >= 11 is 0. The highest BCUT2D eigenvalue weighted by molar-refractivity contribution is 5.92. The maximum absolute atomic E-state index is 12.7. The number of nitrogens with zero attached hydrogens (tertiary/aromatic N) is 2. The second-order valence-corrected chi connectivity index (χ2v) is 7.42. The summed E-state index contributed by atoms with van der Waals surface area (Å²) in [5.74, 6) is 1.21. The zero-order chi connectivity index (χ0) is 18.0. The molecule has 5 nitrogen and oxygen atoms in total. The highest BCUT2D eigenvalue weighted by Gasteiger charge is 2.26. The molecule has 0 bridgehead atoms. The Morgan fingerprint density at radius 3 is 2.68 bits per heavy atom. The molecule has 1 aromatic heterocycles. The molecule has 2 heterocycles. The Hall–Kier alpha value is -2.14. The van der Waals surface area contributed by atoms with Gasteiger partial charge in [0.1, 0.15) is 5.82 Å². The highest BCUT2D eigenvalue weighted by atomic mass is 16.2. The largest absolute Gasteiger partial charge is 0.314 e. The summed E-state index contributed by atoms with van der Waals surface area (Å²) in [6, 6.07) is 10.6. The van der Waals surface area contributed by atoms with Crippen molar-refractivity contribution in [1.29, 1.82) is 0 Å². The number of hydrogen-bond acceptors (Lipinski definition) is 3. The van der Waals surface area contributed by atoms with E-state index in [1.165, 1.54) is 5.56 Å². The third-order valence-corrected chi connectivity index (χ3v) is 4.84. The van der Waals surface area contributed by atoms with E-state index in [0.29, 0.717) is 12.0 Å². The van der Waals surface area contributed by atoms with Crippen LogP contribution in [0.15, 0.2) is 30.3 Å². The van der Waals surface area contributed by atoms with E-state index in [0.717, 1.165) is 36.6 Å². The fraction of sp³-hybridized carbons (Fsp3) is 0.500. The standard InChI is InChI=1S/C20H28N4O/c1-13(2)18-12-19(22-20(25)16-9-10-21-15(4)11-16)24(23-18)17-7-5-14(3)6-8-17/h5-8,12-13,15-16,21H,9-11H2,1-4H3,(H,22,25)/t15-,16-/m0/s1. The van der Waals surface area contributed by atoms with E-state index in [1.807, 2.05) is 22.9 Å². The average molecular weight is 340 g/mol. The van der Waals surface area contributed by atoms with E-state index in [1.54, 1.807) is 0 Å². The number of carbonyl (C=O) groups is 1. The van der Waals surface area contributed by atoms with E-state index in [4.69, 9.17) is 5.10 Å². The van der Waals surface area contributed by atoms with Gasteiger partial charge >= 0.3 is 0 Å². The summed E-state index contributed by atoms with van der Waals surface area (Å²) in [5, 5.41) is 11.2. The van der Waals surface area contributed by atoms with Crippen molar-refractivity contribution in [2.45, 2.75) is 52.5 Å². The first-order chi connectivity index (χ1) is 11.9. The smallest absolute Gasteiger partial charge is 0.228 e. The lowest BCUT2D eigenvalue weighted by molar-refractivity contribution is -0.120. The van der Waals surface area contributed by atoms with Crippen molar-refractivity contribution >= 4 is 11.7 Å². The number of aryl methyl sites for hydroxylation is 1. The Labute approximate surface area is 149 Å². The third kappa shape index (κ3) is 4.10. The lowest BCUT2D eigenvalue weighted by atomic mass is 9.92. The molecule has 2 aromatic rings. The molecule has 2 atom stereocenters. The highest BCUT2D eigenvalue weighted by Crippen LogP contribution is 2.24. The molecule has 2 N–H and O–H groups in total. The molecule has 0 spiro atoms. The lowest BCUT2D eigenvalue weighted by Gasteiger charge is -2.27. The molecule has 1 fully saturated rings. The molecule has 1 saturated heterocycles. The van der Waals surface area contributed by atoms with Gasteiger partial charge in [0, 0.05) is 18.0 Å². The quantitative estimate of drug-likeness (QED) is 0.893. The summed E-state index contributed by atoms with van der Waals surface area (Å²) in [4.78, 5) is 12.7. The first-order valence-electron chi connectivity index (χ1n) is 9.15. The fourth-order valence-corrected chi connectivity index (χ4v) is 3.25. The first kappa shape index (κ1) is 17.7. The Balaban J connectivity index is 1.86. The van der Waals surface area contributed by atoms with Crippen molar-refractivity contribution in [3.63, 3.8) is 0 Å². The van der Waals surface area contributed by atoms with Crippen LogP contribution in [0.3, 0.4) is 0 Å². The maximum atomic E-state index is 12.7. The number of nitrogens with one attached hydrogen (secondary N) is 2. The van der Waals surface area contributed by atoms with Crippen molar-refractivity contribution in [3.8, 4) is 5.69 Å². The van der Waals surface area contributed by atoms with Gasteiger partial charge in [-0.05, 0) is 51.3 Å². The molecule has 134 valence electrons. The second-order valence-electron chi connectivity index (χ2n) is 7.42. The van der Waals surface area contributed by atoms with E-state index in [9.17, 15) is 4.79 Å². The third-order valence-electron chi connectivity index (χ3n) is 4.84. The number of amides is 1. The van der Waals surface area contributed by atoms with Crippen molar-refractivity contribution < 1.29 is 4.79 Å². The predicted molar refractivity (Wildman–Crippen MR) is 101 cm³/mol. The minimum atomic E-state index is 0.0557. The summed E-state index contributed by atoms with van der Waals surface area (Å²) in [5.41, 5.74) is 3.15. The van der Waals surface area contributed by atoms with Gasteiger partial charge in [-0.3, -0.25) is 4.79 Å². The fourth-order valence-electron chi connectivity index (χ4n) is 3.25. The van der Waals surface area contributed by atoms with Crippen LogP contribution < -0.4 is 10.6 Å². The molecule has 0 aliphatic carbocycles. The van der Waals surface area contributed by atoms with Gasteiger partial charge in [-0.15, -0.1) is 0 Å². The van der Waals surface area contributed by atoms with Crippen LogP contribution in [0.2, 0.25) is 0 Å². The summed E-state index contributed by atoms with van der Waals surface area (Å²) < 4.78 is 1.84. The molecule has 1 aliphatic rings. The Morgan fingerprint density at radius 2 is 2.04 bits per heavy atom. The van der Waals surface area contributed by atoms with Crippen LogP contribution in [-0.2, 0) is 4.79 Å². The summed E-state index contributed by atoms with van der Waals surface area (Å²) in [6.45, 7) is 9.32. The van der Waals surface area contributed by atoms with Crippen molar-refractivity contribution in [2.24, 2.45) is 5.92 Å². The first-order valence-corrected chi connectivity index (χ1v) is 9.15. The predicted octanol–water partition coefficient (Wildman–Crippen LogP) is 3.63. The molecule has 5 heteroatoms.